The number of carbonyl (C=O) groups excluding carboxylic acids is 2. The van der Waals surface area contributed by atoms with Gasteiger partial charge in [-0.25, -0.2) is 4.79 Å². The van der Waals surface area contributed by atoms with Gasteiger partial charge < -0.3 is 20.7 Å². The van der Waals surface area contributed by atoms with Crippen LogP contribution in [0.5, 0.6) is 5.75 Å². The van der Waals surface area contributed by atoms with Gasteiger partial charge in [-0.05, 0) is 35.7 Å². The van der Waals surface area contributed by atoms with Gasteiger partial charge in [-0.15, -0.1) is 0 Å². The molecule has 28 heavy (non-hydrogen) atoms. The highest BCUT2D eigenvalue weighted by molar-refractivity contribution is 5.83. The van der Waals surface area contributed by atoms with Crippen LogP contribution < -0.4 is 20.7 Å². The molecule has 0 aliphatic heterocycles. The van der Waals surface area contributed by atoms with E-state index in [9.17, 15) is 9.59 Å². The van der Waals surface area contributed by atoms with Gasteiger partial charge in [-0.1, -0.05) is 49.6 Å². The average molecular weight is 383 g/mol. The van der Waals surface area contributed by atoms with Gasteiger partial charge in [0, 0.05) is 19.0 Å². The Labute approximate surface area is 166 Å². The van der Waals surface area contributed by atoms with Gasteiger partial charge in [-0.3, -0.25) is 4.79 Å². The minimum absolute atomic E-state index is 0.0972. The maximum Gasteiger partial charge on any atom is 0.315 e. The zero-order valence-corrected chi connectivity index (χ0v) is 16.2. The van der Waals surface area contributed by atoms with E-state index < -0.39 is 0 Å². The highest BCUT2D eigenvalue weighted by atomic mass is 16.5. The molecule has 0 atom stereocenters. The fourth-order valence-corrected chi connectivity index (χ4v) is 3.48. The summed E-state index contributed by atoms with van der Waals surface area (Å²) in [6.45, 7) is 1.16. The van der Waals surface area contributed by atoms with E-state index in [1.807, 2.05) is 36.4 Å². The van der Waals surface area contributed by atoms with Crippen molar-refractivity contribution in [3.63, 3.8) is 0 Å². The van der Waals surface area contributed by atoms with Crippen molar-refractivity contribution in [3.05, 3.63) is 42.5 Å². The number of fused-ring (bicyclic) bond motifs is 1. The Hall–Kier alpha value is -2.76. The Kier molecular flexibility index (Phi) is 7.53. The van der Waals surface area contributed by atoms with E-state index in [0.717, 1.165) is 24.0 Å². The zero-order chi connectivity index (χ0) is 19.6. The summed E-state index contributed by atoms with van der Waals surface area (Å²) in [5.41, 5.74) is 0. The Balaban J connectivity index is 1.26. The average Bonchev–Trinajstić information content (AvgIpc) is 2.72. The number of benzene rings is 2. The molecule has 1 aliphatic carbocycles. The standard InChI is InChI=1S/C22H29N3O3/c26-21(12-13-24-22(27)25-19-8-2-1-3-9-19)23-14-15-28-20-11-10-17-6-4-5-7-18(17)16-20/h4-7,10-11,16,19H,1-3,8-9,12-15H2,(H,23,26)(H2,24,25,27). The van der Waals surface area contributed by atoms with E-state index in [-0.39, 0.29) is 24.4 Å². The third-order valence-corrected chi connectivity index (χ3v) is 4.99. The van der Waals surface area contributed by atoms with Crippen LogP contribution in [0.3, 0.4) is 0 Å². The number of carbonyl (C=O) groups is 2. The second kappa shape index (κ2) is 10.5. The predicted molar refractivity (Wildman–Crippen MR) is 110 cm³/mol. The molecule has 3 N–H and O–H groups in total. The van der Waals surface area contributed by atoms with Crippen molar-refractivity contribution in [2.75, 3.05) is 19.7 Å². The lowest BCUT2D eigenvalue weighted by Gasteiger charge is -2.22. The molecule has 0 saturated heterocycles. The summed E-state index contributed by atoms with van der Waals surface area (Å²) in [5, 5.41) is 10.8. The highest BCUT2D eigenvalue weighted by Gasteiger charge is 2.15. The number of urea groups is 1. The second-order valence-electron chi connectivity index (χ2n) is 7.19. The molecule has 3 rings (SSSR count). The molecule has 0 heterocycles. The van der Waals surface area contributed by atoms with E-state index in [2.05, 4.69) is 22.0 Å². The first-order valence-corrected chi connectivity index (χ1v) is 10.1. The summed E-state index contributed by atoms with van der Waals surface area (Å²) in [6, 6.07) is 14.1. The van der Waals surface area contributed by atoms with Crippen LogP contribution in [0.1, 0.15) is 38.5 Å². The van der Waals surface area contributed by atoms with Gasteiger partial charge in [-0.2, -0.15) is 0 Å². The predicted octanol–water partition coefficient (Wildman–Crippen LogP) is 3.36. The van der Waals surface area contributed by atoms with Crippen LogP contribution in [0.2, 0.25) is 0 Å². The van der Waals surface area contributed by atoms with Crippen molar-refractivity contribution in [2.45, 2.75) is 44.6 Å². The monoisotopic (exact) mass is 383 g/mol. The van der Waals surface area contributed by atoms with Crippen molar-refractivity contribution in [3.8, 4) is 5.75 Å². The highest BCUT2D eigenvalue weighted by Crippen LogP contribution is 2.20. The van der Waals surface area contributed by atoms with Crippen molar-refractivity contribution >= 4 is 22.7 Å². The van der Waals surface area contributed by atoms with Gasteiger partial charge >= 0.3 is 6.03 Å². The van der Waals surface area contributed by atoms with Crippen LogP contribution in [0.4, 0.5) is 4.79 Å². The quantitative estimate of drug-likeness (QED) is 0.612. The fraction of sp³-hybridized carbons (Fsp3) is 0.455. The number of amides is 3. The zero-order valence-electron chi connectivity index (χ0n) is 16.2. The topological polar surface area (TPSA) is 79.5 Å². The molecule has 1 saturated carbocycles. The van der Waals surface area contributed by atoms with E-state index >= 15 is 0 Å². The summed E-state index contributed by atoms with van der Waals surface area (Å²) in [7, 11) is 0. The lowest BCUT2D eigenvalue weighted by molar-refractivity contribution is -0.121. The Morgan fingerprint density at radius 1 is 0.929 bits per heavy atom. The van der Waals surface area contributed by atoms with Crippen LogP contribution in [0.25, 0.3) is 10.8 Å². The number of hydrogen-bond donors (Lipinski definition) is 3. The molecule has 0 radical (unpaired) electrons. The summed E-state index contributed by atoms with van der Waals surface area (Å²) in [5.74, 6) is 0.689. The molecule has 0 unspecified atom stereocenters. The molecule has 0 bridgehead atoms. The smallest absolute Gasteiger partial charge is 0.315 e. The Bertz CT molecular complexity index is 787. The number of rotatable bonds is 8. The van der Waals surface area contributed by atoms with Crippen LogP contribution in [0.15, 0.2) is 42.5 Å². The lowest BCUT2D eigenvalue weighted by Crippen LogP contribution is -2.44. The van der Waals surface area contributed by atoms with Gasteiger partial charge in [0.2, 0.25) is 5.91 Å². The Morgan fingerprint density at radius 2 is 1.71 bits per heavy atom. The van der Waals surface area contributed by atoms with E-state index in [0.29, 0.717) is 19.7 Å². The van der Waals surface area contributed by atoms with Gasteiger partial charge in [0.05, 0.1) is 6.54 Å². The first-order chi connectivity index (χ1) is 13.7. The Morgan fingerprint density at radius 3 is 2.54 bits per heavy atom. The van der Waals surface area contributed by atoms with E-state index in [1.165, 1.54) is 24.6 Å². The third kappa shape index (κ3) is 6.44. The van der Waals surface area contributed by atoms with Crippen molar-refractivity contribution in [2.24, 2.45) is 0 Å². The minimum atomic E-state index is -0.181. The van der Waals surface area contributed by atoms with Gasteiger partial charge in [0.1, 0.15) is 12.4 Å². The maximum absolute atomic E-state index is 11.9. The van der Waals surface area contributed by atoms with Crippen LogP contribution in [-0.2, 0) is 4.79 Å². The molecule has 150 valence electrons. The van der Waals surface area contributed by atoms with Crippen molar-refractivity contribution in [1.82, 2.24) is 16.0 Å². The van der Waals surface area contributed by atoms with E-state index in [4.69, 9.17) is 4.74 Å². The molecular formula is C22H29N3O3. The van der Waals surface area contributed by atoms with Gasteiger partial charge in [0.25, 0.3) is 0 Å². The third-order valence-electron chi connectivity index (χ3n) is 4.99. The fourth-order valence-electron chi connectivity index (χ4n) is 3.48. The molecule has 6 heteroatoms. The molecule has 2 aromatic rings. The number of nitrogens with one attached hydrogen (secondary N) is 3. The molecule has 3 amide bonds. The van der Waals surface area contributed by atoms with E-state index in [1.54, 1.807) is 0 Å². The lowest BCUT2D eigenvalue weighted by atomic mass is 9.96. The molecule has 2 aromatic carbocycles. The summed E-state index contributed by atoms with van der Waals surface area (Å²) < 4.78 is 5.70. The van der Waals surface area contributed by atoms with Gasteiger partial charge in [0.15, 0.2) is 0 Å². The second-order valence-corrected chi connectivity index (χ2v) is 7.19. The molecule has 1 fully saturated rings. The first-order valence-electron chi connectivity index (χ1n) is 10.1. The molecule has 6 nitrogen and oxygen atoms in total. The normalized spacial score (nSPS) is 14.4. The maximum atomic E-state index is 11.9. The molecule has 0 aromatic heterocycles. The number of ether oxygens (including phenoxy) is 1. The summed E-state index contributed by atoms with van der Waals surface area (Å²) in [4.78, 5) is 23.7. The van der Waals surface area contributed by atoms with Crippen molar-refractivity contribution in [1.29, 1.82) is 0 Å². The van der Waals surface area contributed by atoms with Crippen LogP contribution in [0, 0.1) is 0 Å². The van der Waals surface area contributed by atoms with Crippen LogP contribution in [-0.4, -0.2) is 37.7 Å². The first kappa shape index (κ1) is 20.0. The number of hydrogen-bond acceptors (Lipinski definition) is 3. The largest absolute Gasteiger partial charge is 0.492 e. The minimum Gasteiger partial charge on any atom is -0.492 e. The van der Waals surface area contributed by atoms with Crippen molar-refractivity contribution < 1.29 is 14.3 Å². The SMILES string of the molecule is O=C(CCNC(=O)NC1CCCCC1)NCCOc1ccc2ccccc2c1. The van der Waals surface area contributed by atoms with Crippen LogP contribution >= 0.6 is 0 Å². The summed E-state index contributed by atoms with van der Waals surface area (Å²) in [6.07, 6.45) is 5.96. The molecule has 1 aliphatic rings. The molecule has 0 spiro atoms. The summed E-state index contributed by atoms with van der Waals surface area (Å²) >= 11 is 0. The molecular weight excluding hydrogens is 354 g/mol.